The van der Waals surface area contributed by atoms with Gasteiger partial charge in [0.05, 0.1) is 42.3 Å². The molecule has 4 N–H and O–H groups in total. The number of hydrogen-bond donors (Lipinski definition) is 3. The molecule has 2 aliphatic carbocycles. The summed E-state index contributed by atoms with van der Waals surface area (Å²) in [6.45, 7) is 19.7. The quantitative estimate of drug-likeness (QED) is 0.0648. The number of fused-ring (bicyclic) bond motifs is 6. The first-order chi connectivity index (χ1) is 31.5. The molecule has 0 bridgehead atoms. The maximum Gasteiger partial charge on any atom is 0.333 e. The van der Waals surface area contributed by atoms with E-state index in [1.54, 1.807) is 13.0 Å². The molecular formula is C54H67N3O9. The minimum absolute atomic E-state index is 0.0113. The molecule has 6 aliphatic rings. The van der Waals surface area contributed by atoms with Crippen molar-refractivity contribution in [2.75, 3.05) is 46.5 Å². The van der Waals surface area contributed by atoms with Crippen molar-refractivity contribution in [3.8, 4) is 17.2 Å². The van der Waals surface area contributed by atoms with Crippen LogP contribution < -0.4 is 25.3 Å². The smallest absolute Gasteiger partial charge is 0.333 e. The van der Waals surface area contributed by atoms with Crippen LogP contribution in [-0.4, -0.2) is 97.0 Å². The van der Waals surface area contributed by atoms with Gasteiger partial charge in [0.1, 0.15) is 29.5 Å². The Morgan fingerprint density at radius 1 is 0.970 bits per heavy atom. The average Bonchev–Trinajstić information content (AvgIpc) is 3.70. The zero-order chi connectivity index (χ0) is 47.5. The number of ketones is 2. The van der Waals surface area contributed by atoms with Gasteiger partial charge in [0.25, 0.3) is 0 Å². The summed E-state index contributed by atoms with van der Waals surface area (Å²) in [4.78, 5) is 46.2. The number of rotatable bonds is 16. The molecule has 2 aromatic carbocycles. The normalized spacial score (nSPS) is 27.8. The first-order valence-corrected chi connectivity index (χ1v) is 23.6. The number of nitrogens with two attached hydrogens (primary N) is 1. The van der Waals surface area contributed by atoms with E-state index in [-0.39, 0.29) is 37.7 Å². The fourth-order valence-corrected chi connectivity index (χ4v) is 11.3. The van der Waals surface area contributed by atoms with Crippen LogP contribution in [0.4, 0.5) is 0 Å². The lowest BCUT2D eigenvalue weighted by atomic mass is 9.52. The van der Waals surface area contributed by atoms with Gasteiger partial charge in [-0.3, -0.25) is 9.59 Å². The molecule has 4 heterocycles. The maximum atomic E-state index is 15.9. The number of Topliss-reactive ketones (excluding diaryl/α,β-unsaturated/α-hetero) is 2. The van der Waals surface area contributed by atoms with Crippen LogP contribution in [0.25, 0.3) is 17.5 Å². The molecule has 0 aromatic heterocycles. The van der Waals surface area contributed by atoms with E-state index in [4.69, 9.17) is 29.4 Å². The summed E-state index contributed by atoms with van der Waals surface area (Å²) < 4.78 is 34.6. The van der Waals surface area contributed by atoms with Crippen molar-refractivity contribution in [3.63, 3.8) is 0 Å². The number of allylic oxidation sites excluding steroid dienone is 5. The van der Waals surface area contributed by atoms with E-state index < -0.39 is 46.6 Å². The van der Waals surface area contributed by atoms with Crippen molar-refractivity contribution in [2.24, 2.45) is 23.5 Å². The number of ether oxygens (including phenoxy) is 5. The molecule has 1 spiro atoms. The number of benzene rings is 2. The summed E-state index contributed by atoms with van der Waals surface area (Å²) in [5.41, 5.74) is 11.9. The van der Waals surface area contributed by atoms with Gasteiger partial charge in [0.15, 0.2) is 22.8 Å². The van der Waals surface area contributed by atoms with Crippen molar-refractivity contribution in [2.45, 2.75) is 111 Å². The molecule has 7 atom stereocenters. The minimum atomic E-state index is -1.64. The van der Waals surface area contributed by atoms with Gasteiger partial charge in [0, 0.05) is 83.8 Å². The van der Waals surface area contributed by atoms with Crippen molar-refractivity contribution in [1.82, 2.24) is 10.2 Å². The number of hydrogen-bond acceptors (Lipinski definition) is 12. The van der Waals surface area contributed by atoms with E-state index in [1.165, 1.54) is 12.7 Å². The number of aliphatic hydroxyl groups excluding tert-OH is 1. The van der Waals surface area contributed by atoms with Gasteiger partial charge in [-0.05, 0) is 79.9 Å². The van der Waals surface area contributed by atoms with Gasteiger partial charge in [-0.25, -0.2) is 4.79 Å². The lowest BCUT2D eigenvalue weighted by Gasteiger charge is -2.59. The third-order valence-corrected chi connectivity index (χ3v) is 14.6. The molecule has 12 nitrogen and oxygen atoms in total. The lowest BCUT2D eigenvalue weighted by Crippen LogP contribution is -2.71. The molecule has 1 saturated heterocycles. The summed E-state index contributed by atoms with van der Waals surface area (Å²) in [5.74, 6) is -1.05. The SMILES string of the molecule is COC(=O)/C(C)=C\CC12OC(C)C(C)C13Oc1c(CC=C(C)C)c4c(c(OCCNCCO)c1C1=C3C(C3=C(c5ccccc5C3=O)N1CCN)C(C)C2=O)C=CC(C)(CCC=C(C)C)O4. The van der Waals surface area contributed by atoms with Crippen LogP contribution in [-0.2, 0) is 25.5 Å². The Morgan fingerprint density at radius 2 is 1.70 bits per heavy atom. The Bertz CT molecular complexity index is 2540. The summed E-state index contributed by atoms with van der Waals surface area (Å²) in [5, 5.41) is 12.9. The number of carbonyl (C=O) groups is 3. The minimum Gasteiger partial charge on any atom is -0.491 e. The summed E-state index contributed by atoms with van der Waals surface area (Å²) >= 11 is 0. The average molecular weight is 902 g/mol. The highest BCUT2D eigenvalue weighted by molar-refractivity contribution is 6.23. The van der Waals surface area contributed by atoms with Crippen LogP contribution in [0.2, 0.25) is 0 Å². The molecule has 12 heteroatoms. The molecule has 7 unspecified atom stereocenters. The third-order valence-electron chi connectivity index (χ3n) is 14.6. The van der Waals surface area contributed by atoms with Crippen molar-refractivity contribution >= 4 is 35.0 Å². The molecule has 2 aromatic rings. The van der Waals surface area contributed by atoms with E-state index in [9.17, 15) is 9.90 Å². The number of carbonyl (C=O) groups excluding carboxylic acids is 3. The molecule has 2 fully saturated rings. The highest BCUT2D eigenvalue weighted by Crippen LogP contribution is 2.70. The monoisotopic (exact) mass is 901 g/mol. The molecule has 8 rings (SSSR count). The lowest BCUT2D eigenvalue weighted by molar-refractivity contribution is -0.169. The molecular weight excluding hydrogens is 835 g/mol. The summed E-state index contributed by atoms with van der Waals surface area (Å²) in [6.07, 6.45) is 11.8. The molecule has 66 heavy (non-hydrogen) atoms. The number of methoxy groups -OCH3 is 1. The Labute approximate surface area is 389 Å². The fourth-order valence-electron chi connectivity index (χ4n) is 11.3. The van der Waals surface area contributed by atoms with Crippen molar-refractivity contribution in [1.29, 1.82) is 0 Å². The van der Waals surface area contributed by atoms with E-state index >= 15 is 9.59 Å². The first-order valence-electron chi connectivity index (χ1n) is 23.6. The Hall–Kier alpha value is -5.27. The van der Waals surface area contributed by atoms with Crippen LogP contribution in [0.5, 0.6) is 17.2 Å². The number of nitrogens with zero attached hydrogens (tertiary/aromatic N) is 1. The second-order valence-corrected chi connectivity index (χ2v) is 19.5. The van der Waals surface area contributed by atoms with Crippen molar-refractivity contribution < 1.29 is 43.2 Å². The molecule has 352 valence electrons. The second-order valence-electron chi connectivity index (χ2n) is 19.5. The first kappa shape index (κ1) is 47.2. The Balaban J connectivity index is 1.52. The topological polar surface area (TPSA) is 159 Å². The third kappa shape index (κ3) is 7.30. The zero-order valence-electron chi connectivity index (χ0n) is 40.3. The number of aliphatic hydroxyl groups is 1. The van der Waals surface area contributed by atoms with Gasteiger partial charge in [-0.2, -0.15) is 0 Å². The largest absolute Gasteiger partial charge is 0.491 e. The van der Waals surface area contributed by atoms with E-state index in [0.29, 0.717) is 65.6 Å². The fraction of sp³-hybridized carbons (Fsp3) is 0.500. The van der Waals surface area contributed by atoms with E-state index in [2.05, 4.69) is 76.1 Å². The highest BCUT2D eigenvalue weighted by atomic mass is 16.6. The van der Waals surface area contributed by atoms with Gasteiger partial charge < -0.3 is 44.7 Å². The Kier molecular flexibility index (Phi) is 12.9. The predicted octanol–water partition coefficient (Wildman–Crippen LogP) is 7.93. The van der Waals surface area contributed by atoms with Crippen LogP contribution in [0.3, 0.4) is 0 Å². The second kappa shape index (κ2) is 18.1. The highest BCUT2D eigenvalue weighted by Gasteiger charge is 2.77. The number of esters is 1. The predicted molar refractivity (Wildman–Crippen MR) is 256 cm³/mol. The summed E-state index contributed by atoms with van der Waals surface area (Å²) in [6, 6.07) is 7.65. The van der Waals surface area contributed by atoms with Crippen LogP contribution in [0, 0.1) is 17.8 Å². The van der Waals surface area contributed by atoms with Gasteiger partial charge in [0.2, 0.25) is 0 Å². The molecule has 0 radical (unpaired) electrons. The van der Waals surface area contributed by atoms with Gasteiger partial charge in [-0.1, -0.05) is 67.5 Å². The van der Waals surface area contributed by atoms with Crippen LogP contribution in [0.15, 0.2) is 76.4 Å². The number of nitrogens with one attached hydrogen (secondary N) is 1. The van der Waals surface area contributed by atoms with Crippen LogP contribution >= 0.6 is 0 Å². The van der Waals surface area contributed by atoms with E-state index in [1.807, 2.05) is 38.1 Å². The standard InChI is InChI=1S/C54H67N3O9/c1-30(2)14-13-21-52(9)22-20-39-47(65-52)38(18-17-31(3)4)49-42(48(39)63-29-26-56-25-28-58)45-43-40(41-44(57(45)27-24-55)36-15-11-12-16-37(36)46(41)59)33(6)50(60)53(23-19-32(5)51(61)62-10)54(43,66-49)34(7)35(8)64-53/h11-12,14-17,19-20,22,33-35,40,56,58H,13,18,21,23-29,55H2,1-10H3/b32-19-. The van der Waals surface area contributed by atoms with Crippen molar-refractivity contribution in [3.05, 3.63) is 104 Å². The maximum absolute atomic E-state index is 15.9. The molecule has 1 saturated carbocycles. The van der Waals surface area contributed by atoms with Crippen LogP contribution in [0.1, 0.15) is 114 Å². The zero-order valence-corrected chi connectivity index (χ0v) is 40.3. The van der Waals surface area contributed by atoms with Gasteiger partial charge >= 0.3 is 5.97 Å². The summed E-state index contributed by atoms with van der Waals surface area (Å²) in [7, 11) is 1.34. The molecule has 0 amide bonds. The van der Waals surface area contributed by atoms with Gasteiger partial charge in [-0.15, -0.1) is 0 Å². The Morgan fingerprint density at radius 3 is 2.38 bits per heavy atom. The molecule has 4 aliphatic heterocycles. The van der Waals surface area contributed by atoms with E-state index in [0.717, 1.165) is 52.1 Å².